The molecule has 1 aliphatic carbocycles. The highest BCUT2D eigenvalue weighted by Gasteiger charge is 2.35. The molecule has 0 aliphatic heterocycles. The van der Waals surface area contributed by atoms with E-state index in [9.17, 15) is 18.0 Å². The minimum Gasteiger partial charge on any atom is -0.352 e. The van der Waals surface area contributed by atoms with E-state index in [0.29, 0.717) is 5.02 Å². The van der Waals surface area contributed by atoms with Crippen molar-refractivity contribution in [2.45, 2.75) is 69.0 Å². The third kappa shape index (κ3) is 9.03. The van der Waals surface area contributed by atoms with Crippen molar-refractivity contribution < 1.29 is 18.0 Å². The molecule has 47 heavy (non-hydrogen) atoms. The topological polar surface area (TPSA) is 86.8 Å². The molecule has 0 aromatic heterocycles. The normalized spacial score (nSPS) is 14.3. The highest BCUT2D eigenvalue weighted by atomic mass is 79.9. The van der Waals surface area contributed by atoms with Gasteiger partial charge >= 0.3 is 0 Å². The fraction of sp³-hybridized carbons (Fsp3) is 0.297. The number of carbonyl (C=O) groups is 2. The van der Waals surface area contributed by atoms with Gasteiger partial charge in [-0.25, -0.2) is 8.42 Å². The van der Waals surface area contributed by atoms with E-state index in [0.717, 1.165) is 57.6 Å². The Morgan fingerprint density at radius 2 is 1.51 bits per heavy atom. The smallest absolute Gasteiger partial charge is 0.264 e. The van der Waals surface area contributed by atoms with Gasteiger partial charge in [-0.3, -0.25) is 13.9 Å². The lowest BCUT2D eigenvalue weighted by Gasteiger charge is -2.35. The molecule has 1 unspecified atom stereocenters. The summed E-state index contributed by atoms with van der Waals surface area (Å²) in [6, 6.07) is 29.2. The summed E-state index contributed by atoms with van der Waals surface area (Å²) in [6.07, 6.45) is 5.28. The van der Waals surface area contributed by atoms with Crippen LogP contribution in [0.4, 0.5) is 5.69 Å². The van der Waals surface area contributed by atoms with Crippen molar-refractivity contribution in [1.29, 1.82) is 0 Å². The van der Waals surface area contributed by atoms with E-state index in [2.05, 4.69) is 21.2 Å². The van der Waals surface area contributed by atoms with Crippen LogP contribution < -0.4 is 9.62 Å². The molecule has 5 rings (SSSR count). The van der Waals surface area contributed by atoms with Gasteiger partial charge in [0.15, 0.2) is 0 Å². The van der Waals surface area contributed by atoms with Crippen LogP contribution in [0.2, 0.25) is 5.02 Å². The Morgan fingerprint density at radius 3 is 2.15 bits per heavy atom. The first kappa shape index (κ1) is 34.7. The monoisotopic (exact) mass is 735 g/mol. The molecular formula is C37H39BrClN3O4S. The Morgan fingerprint density at radius 1 is 0.872 bits per heavy atom. The van der Waals surface area contributed by atoms with Gasteiger partial charge in [0.25, 0.3) is 10.0 Å². The molecule has 0 radical (unpaired) electrons. The van der Waals surface area contributed by atoms with Gasteiger partial charge in [0.1, 0.15) is 12.6 Å². The number of sulfonamides is 1. The Hall–Kier alpha value is -3.66. The van der Waals surface area contributed by atoms with E-state index < -0.39 is 28.5 Å². The summed E-state index contributed by atoms with van der Waals surface area (Å²) in [7, 11) is -4.20. The van der Waals surface area contributed by atoms with E-state index in [4.69, 9.17) is 11.6 Å². The number of rotatable bonds is 12. The summed E-state index contributed by atoms with van der Waals surface area (Å²) in [5.41, 5.74) is 2.73. The molecule has 0 bridgehead atoms. The fourth-order valence-corrected chi connectivity index (χ4v) is 7.74. The average molecular weight is 737 g/mol. The molecule has 1 atom stereocenters. The summed E-state index contributed by atoms with van der Waals surface area (Å²) in [6.45, 7) is 1.40. The Kier molecular flexibility index (Phi) is 11.8. The second-order valence-electron chi connectivity index (χ2n) is 12.0. The Labute approximate surface area is 291 Å². The molecule has 246 valence electrons. The molecule has 10 heteroatoms. The zero-order valence-corrected chi connectivity index (χ0v) is 29.5. The van der Waals surface area contributed by atoms with Crippen LogP contribution in [0.15, 0.2) is 112 Å². The van der Waals surface area contributed by atoms with E-state index >= 15 is 0 Å². The summed E-state index contributed by atoms with van der Waals surface area (Å²) < 4.78 is 30.3. The first-order valence-corrected chi connectivity index (χ1v) is 18.4. The summed E-state index contributed by atoms with van der Waals surface area (Å²) >= 11 is 9.95. The van der Waals surface area contributed by atoms with Crippen LogP contribution in [-0.2, 0) is 32.6 Å². The number of amides is 2. The third-order valence-corrected chi connectivity index (χ3v) is 11.3. The second kappa shape index (κ2) is 16.0. The van der Waals surface area contributed by atoms with E-state index in [1.807, 2.05) is 61.5 Å². The second-order valence-corrected chi connectivity index (χ2v) is 15.1. The van der Waals surface area contributed by atoms with Gasteiger partial charge in [-0.1, -0.05) is 114 Å². The highest BCUT2D eigenvalue weighted by Crippen LogP contribution is 2.29. The lowest BCUT2D eigenvalue weighted by Crippen LogP contribution is -2.55. The summed E-state index contributed by atoms with van der Waals surface area (Å²) in [5, 5.41) is 3.61. The molecule has 1 saturated carbocycles. The van der Waals surface area contributed by atoms with Crippen molar-refractivity contribution in [3.8, 4) is 0 Å². The maximum atomic E-state index is 14.7. The Bertz CT molecular complexity index is 1770. The van der Waals surface area contributed by atoms with Crippen molar-refractivity contribution in [3.05, 3.63) is 129 Å². The van der Waals surface area contributed by atoms with Crippen LogP contribution in [0.25, 0.3) is 0 Å². The minimum absolute atomic E-state index is 0.0313. The molecule has 0 saturated heterocycles. The fourth-order valence-electron chi connectivity index (χ4n) is 5.87. The Balaban J connectivity index is 1.56. The van der Waals surface area contributed by atoms with Gasteiger partial charge in [0.2, 0.25) is 11.8 Å². The standard InChI is InChI=1S/C37H39BrClN3O4S/c1-27-17-22-32(24-34(27)39)42(47(45,46)33-15-9-4-10-16-33)26-36(43)41(25-29-18-20-30(38)21-19-29)35(23-28-11-5-2-6-12-28)37(44)40-31-13-7-3-8-14-31/h2,4-6,9-12,15-22,24,31,35H,3,7-8,13-14,23,25-26H2,1H3,(H,40,44). The lowest BCUT2D eigenvalue weighted by atomic mass is 9.94. The van der Waals surface area contributed by atoms with Gasteiger partial charge in [-0.2, -0.15) is 0 Å². The quantitative estimate of drug-likeness (QED) is 0.162. The van der Waals surface area contributed by atoms with Gasteiger partial charge in [-0.05, 0) is 72.9 Å². The largest absolute Gasteiger partial charge is 0.352 e. The number of benzene rings is 4. The van der Waals surface area contributed by atoms with Crippen molar-refractivity contribution >= 4 is 55.1 Å². The predicted molar refractivity (Wildman–Crippen MR) is 191 cm³/mol. The number of carbonyl (C=O) groups excluding carboxylic acids is 2. The molecule has 4 aromatic carbocycles. The number of hydrogen-bond donors (Lipinski definition) is 1. The molecule has 2 amide bonds. The van der Waals surface area contributed by atoms with Gasteiger partial charge in [0, 0.05) is 28.5 Å². The van der Waals surface area contributed by atoms with E-state index in [-0.39, 0.29) is 35.5 Å². The third-order valence-electron chi connectivity index (χ3n) is 8.54. The number of nitrogens with one attached hydrogen (secondary N) is 1. The van der Waals surface area contributed by atoms with Crippen molar-refractivity contribution in [2.75, 3.05) is 10.8 Å². The number of aryl methyl sites for hydroxylation is 1. The predicted octanol–water partition coefficient (Wildman–Crippen LogP) is 7.70. The van der Waals surface area contributed by atoms with Crippen molar-refractivity contribution in [3.63, 3.8) is 0 Å². The SMILES string of the molecule is Cc1ccc(N(CC(=O)N(Cc2ccc(Br)cc2)C(Cc2ccccc2)C(=O)NC2CCCCC2)S(=O)(=O)c2ccccc2)cc1Cl. The van der Waals surface area contributed by atoms with Crippen LogP contribution >= 0.6 is 27.5 Å². The first-order valence-electron chi connectivity index (χ1n) is 15.8. The number of nitrogens with zero attached hydrogens (tertiary/aromatic N) is 2. The zero-order valence-electron chi connectivity index (χ0n) is 26.3. The molecule has 4 aromatic rings. The molecule has 1 N–H and O–H groups in total. The molecule has 7 nitrogen and oxygen atoms in total. The molecule has 0 heterocycles. The van der Waals surface area contributed by atoms with Crippen LogP contribution in [0, 0.1) is 6.92 Å². The van der Waals surface area contributed by atoms with Crippen LogP contribution in [0.5, 0.6) is 0 Å². The van der Waals surface area contributed by atoms with Gasteiger partial charge < -0.3 is 10.2 Å². The number of halogens is 2. The van der Waals surface area contributed by atoms with Crippen molar-refractivity contribution in [1.82, 2.24) is 10.2 Å². The molecule has 1 aliphatic rings. The molecular weight excluding hydrogens is 698 g/mol. The van der Waals surface area contributed by atoms with Gasteiger partial charge in [0.05, 0.1) is 10.6 Å². The average Bonchev–Trinajstić information content (AvgIpc) is 3.08. The van der Waals surface area contributed by atoms with Crippen LogP contribution in [-0.4, -0.2) is 43.8 Å². The number of hydrogen-bond acceptors (Lipinski definition) is 4. The summed E-state index contributed by atoms with van der Waals surface area (Å²) in [4.78, 5) is 30.4. The maximum Gasteiger partial charge on any atom is 0.264 e. The van der Waals surface area contributed by atoms with Crippen LogP contribution in [0.1, 0.15) is 48.8 Å². The van der Waals surface area contributed by atoms with Crippen LogP contribution in [0.3, 0.4) is 0 Å². The van der Waals surface area contributed by atoms with Crippen molar-refractivity contribution in [2.24, 2.45) is 0 Å². The lowest BCUT2D eigenvalue weighted by molar-refractivity contribution is -0.140. The zero-order chi connectivity index (χ0) is 33.4. The number of anilines is 1. The van der Waals surface area contributed by atoms with Gasteiger partial charge in [-0.15, -0.1) is 0 Å². The van der Waals surface area contributed by atoms with E-state index in [1.165, 1.54) is 17.0 Å². The maximum absolute atomic E-state index is 14.7. The first-order chi connectivity index (χ1) is 22.6. The minimum atomic E-state index is -4.20. The molecule has 1 fully saturated rings. The molecule has 0 spiro atoms. The van der Waals surface area contributed by atoms with E-state index in [1.54, 1.807) is 36.4 Å². The summed E-state index contributed by atoms with van der Waals surface area (Å²) in [5.74, 6) is -0.758. The highest BCUT2D eigenvalue weighted by molar-refractivity contribution is 9.10.